The maximum absolute atomic E-state index is 13.3. The van der Waals surface area contributed by atoms with Gasteiger partial charge >= 0.3 is 6.18 Å². The molecule has 0 spiro atoms. The highest BCUT2D eigenvalue weighted by Crippen LogP contribution is 2.34. The summed E-state index contributed by atoms with van der Waals surface area (Å²) in [5.41, 5.74) is -1.70. The lowest BCUT2D eigenvalue weighted by Crippen LogP contribution is -2.27. The van der Waals surface area contributed by atoms with Crippen LogP contribution in [0.1, 0.15) is 41.6 Å². The van der Waals surface area contributed by atoms with Gasteiger partial charge in [0.15, 0.2) is 0 Å². The SMILES string of the molecule is Cc1cc(NC(=O)C(C)(C)C)sc1C(=O)Nc1ccc(F)c(C(F)(F)F)c1. The Balaban J connectivity index is 2.21. The fraction of sp³-hybridized carbons (Fsp3) is 0.333. The summed E-state index contributed by atoms with van der Waals surface area (Å²) in [5.74, 6) is -2.29. The zero-order valence-corrected chi connectivity index (χ0v) is 15.9. The van der Waals surface area contributed by atoms with Crippen molar-refractivity contribution in [1.29, 1.82) is 0 Å². The number of hydrogen-bond donors (Lipinski definition) is 2. The van der Waals surface area contributed by atoms with E-state index in [1.807, 2.05) is 0 Å². The van der Waals surface area contributed by atoms with Gasteiger partial charge in [-0.05, 0) is 36.8 Å². The van der Waals surface area contributed by atoms with Crippen molar-refractivity contribution >= 4 is 33.8 Å². The van der Waals surface area contributed by atoms with Crippen molar-refractivity contribution in [2.24, 2.45) is 5.41 Å². The number of thiophene rings is 1. The lowest BCUT2D eigenvalue weighted by Gasteiger charge is -2.16. The van der Waals surface area contributed by atoms with Crippen LogP contribution in [-0.2, 0) is 11.0 Å². The second kappa shape index (κ2) is 7.30. The van der Waals surface area contributed by atoms with Crippen LogP contribution in [0.2, 0.25) is 0 Å². The summed E-state index contributed by atoms with van der Waals surface area (Å²) in [5, 5.41) is 5.48. The number of hydrogen-bond acceptors (Lipinski definition) is 3. The van der Waals surface area contributed by atoms with Crippen molar-refractivity contribution in [2.45, 2.75) is 33.9 Å². The molecule has 0 aliphatic rings. The van der Waals surface area contributed by atoms with Crippen LogP contribution in [0.5, 0.6) is 0 Å². The first kappa shape index (κ1) is 20.9. The molecule has 1 aromatic carbocycles. The first-order valence-corrected chi connectivity index (χ1v) is 8.70. The van der Waals surface area contributed by atoms with Crippen LogP contribution in [0, 0.1) is 18.2 Å². The van der Waals surface area contributed by atoms with Crippen LogP contribution in [0.25, 0.3) is 0 Å². The molecule has 4 nitrogen and oxygen atoms in total. The van der Waals surface area contributed by atoms with E-state index in [9.17, 15) is 27.2 Å². The number of carbonyl (C=O) groups is 2. The first-order valence-electron chi connectivity index (χ1n) is 7.89. The Kier molecular flexibility index (Phi) is 5.65. The summed E-state index contributed by atoms with van der Waals surface area (Å²) in [7, 11) is 0. The Morgan fingerprint density at radius 1 is 1.04 bits per heavy atom. The number of anilines is 2. The van der Waals surface area contributed by atoms with E-state index in [1.54, 1.807) is 33.8 Å². The number of benzene rings is 1. The average molecular weight is 402 g/mol. The highest BCUT2D eigenvalue weighted by atomic mass is 32.1. The summed E-state index contributed by atoms with van der Waals surface area (Å²) in [6, 6.07) is 3.84. The summed E-state index contributed by atoms with van der Waals surface area (Å²) in [6.07, 6.45) is -4.87. The number of halogens is 4. The van der Waals surface area contributed by atoms with Gasteiger partial charge in [0.25, 0.3) is 5.91 Å². The molecule has 0 radical (unpaired) electrons. The van der Waals surface area contributed by atoms with Crippen LogP contribution in [0.4, 0.5) is 28.3 Å². The van der Waals surface area contributed by atoms with Crippen LogP contribution >= 0.6 is 11.3 Å². The molecular formula is C18H18F4N2O2S. The minimum Gasteiger partial charge on any atom is -0.321 e. The lowest BCUT2D eigenvalue weighted by atomic mass is 9.96. The van der Waals surface area contributed by atoms with Gasteiger partial charge in [-0.3, -0.25) is 9.59 Å². The van der Waals surface area contributed by atoms with Crippen molar-refractivity contribution in [1.82, 2.24) is 0 Å². The van der Waals surface area contributed by atoms with Gasteiger partial charge in [-0.25, -0.2) is 4.39 Å². The van der Waals surface area contributed by atoms with E-state index < -0.39 is 28.9 Å². The van der Waals surface area contributed by atoms with Gasteiger partial charge in [0.1, 0.15) is 5.82 Å². The third-order valence-electron chi connectivity index (χ3n) is 3.57. The van der Waals surface area contributed by atoms with Gasteiger partial charge in [0, 0.05) is 11.1 Å². The summed E-state index contributed by atoms with van der Waals surface area (Å²) in [6.45, 7) is 6.86. The molecular weight excluding hydrogens is 384 g/mol. The number of carbonyl (C=O) groups excluding carboxylic acids is 2. The van der Waals surface area contributed by atoms with Gasteiger partial charge in [-0.1, -0.05) is 20.8 Å². The predicted molar refractivity (Wildman–Crippen MR) is 96.5 cm³/mol. The number of aryl methyl sites for hydroxylation is 1. The number of nitrogens with one attached hydrogen (secondary N) is 2. The van der Waals surface area contributed by atoms with Crippen molar-refractivity contribution in [3.8, 4) is 0 Å². The minimum absolute atomic E-state index is 0.179. The maximum Gasteiger partial charge on any atom is 0.419 e. The number of rotatable bonds is 3. The van der Waals surface area contributed by atoms with E-state index in [4.69, 9.17) is 0 Å². The highest BCUT2D eigenvalue weighted by Gasteiger charge is 2.34. The van der Waals surface area contributed by atoms with Crippen LogP contribution in [0.3, 0.4) is 0 Å². The summed E-state index contributed by atoms with van der Waals surface area (Å²) >= 11 is 1.00. The van der Waals surface area contributed by atoms with Gasteiger partial charge in [0.05, 0.1) is 15.4 Å². The fourth-order valence-electron chi connectivity index (χ4n) is 2.08. The summed E-state index contributed by atoms with van der Waals surface area (Å²) < 4.78 is 51.7. The molecule has 0 atom stereocenters. The standard InChI is InChI=1S/C18H18F4N2O2S/c1-9-7-13(24-16(26)17(2,3)4)27-14(9)15(25)23-10-5-6-12(19)11(8-10)18(20,21)22/h5-8H,1-4H3,(H,23,25)(H,24,26). The molecule has 2 aromatic rings. The highest BCUT2D eigenvalue weighted by molar-refractivity contribution is 7.18. The van der Waals surface area contributed by atoms with E-state index in [1.165, 1.54) is 0 Å². The number of amides is 2. The van der Waals surface area contributed by atoms with E-state index in [0.717, 1.165) is 17.4 Å². The Hall–Kier alpha value is -2.42. The Morgan fingerprint density at radius 3 is 2.22 bits per heavy atom. The smallest absolute Gasteiger partial charge is 0.321 e. The normalized spacial score (nSPS) is 12.0. The van der Waals surface area contributed by atoms with Crippen LogP contribution < -0.4 is 10.6 Å². The average Bonchev–Trinajstić information content (AvgIpc) is 2.87. The van der Waals surface area contributed by atoms with Gasteiger partial charge in [-0.2, -0.15) is 13.2 Å². The van der Waals surface area contributed by atoms with Crippen LogP contribution in [-0.4, -0.2) is 11.8 Å². The largest absolute Gasteiger partial charge is 0.419 e. The molecule has 146 valence electrons. The molecule has 0 bridgehead atoms. The van der Waals surface area contributed by atoms with Gasteiger partial charge in [0.2, 0.25) is 5.91 Å². The molecule has 2 rings (SSSR count). The van der Waals surface area contributed by atoms with Crippen molar-refractivity contribution in [3.05, 3.63) is 46.1 Å². The quantitative estimate of drug-likeness (QED) is 0.671. The van der Waals surface area contributed by atoms with E-state index in [0.29, 0.717) is 22.7 Å². The van der Waals surface area contributed by atoms with Gasteiger partial charge < -0.3 is 10.6 Å². The lowest BCUT2D eigenvalue weighted by molar-refractivity contribution is -0.140. The Bertz CT molecular complexity index is 882. The molecule has 0 fully saturated rings. The fourth-order valence-corrected chi connectivity index (χ4v) is 3.04. The second-order valence-electron chi connectivity index (χ2n) is 6.97. The third kappa shape index (κ3) is 5.06. The first-order chi connectivity index (χ1) is 12.3. The minimum atomic E-state index is -4.87. The molecule has 1 aromatic heterocycles. The van der Waals surface area contributed by atoms with Crippen molar-refractivity contribution in [2.75, 3.05) is 10.6 Å². The molecule has 0 unspecified atom stereocenters. The zero-order chi connectivity index (χ0) is 20.6. The zero-order valence-electron chi connectivity index (χ0n) is 15.0. The Labute approximate surface area is 157 Å². The van der Waals surface area contributed by atoms with E-state index >= 15 is 0 Å². The Morgan fingerprint density at radius 2 is 1.67 bits per heavy atom. The second-order valence-corrected chi connectivity index (χ2v) is 8.03. The molecule has 2 N–H and O–H groups in total. The number of alkyl halides is 3. The molecule has 9 heteroatoms. The molecule has 0 aliphatic carbocycles. The maximum atomic E-state index is 13.3. The molecule has 0 aliphatic heterocycles. The van der Waals surface area contributed by atoms with Crippen molar-refractivity contribution < 1.29 is 27.2 Å². The van der Waals surface area contributed by atoms with Gasteiger partial charge in [-0.15, -0.1) is 11.3 Å². The van der Waals surface area contributed by atoms with E-state index in [-0.39, 0.29) is 16.5 Å². The van der Waals surface area contributed by atoms with E-state index in [2.05, 4.69) is 10.6 Å². The molecule has 1 heterocycles. The summed E-state index contributed by atoms with van der Waals surface area (Å²) in [4.78, 5) is 24.7. The molecule has 0 saturated carbocycles. The topological polar surface area (TPSA) is 58.2 Å². The molecule has 27 heavy (non-hydrogen) atoms. The van der Waals surface area contributed by atoms with Crippen molar-refractivity contribution in [3.63, 3.8) is 0 Å². The molecule has 0 saturated heterocycles. The van der Waals surface area contributed by atoms with Crippen LogP contribution in [0.15, 0.2) is 24.3 Å². The predicted octanol–water partition coefficient (Wildman–Crippen LogP) is 5.45. The third-order valence-corrected chi connectivity index (χ3v) is 4.72. The monoisotopic (exact) mass is 402 g/mol. The molecule has 2 amide bonds.